The first-order valence-electron chi connectivity index (χ1n) is 12.8. The van der Waals surface area contributed by atoms with E-state index in [1.165, 1.54) is 64.2 Å². The summed E-state index contributed by atoms with van der Waals surface area (Å²) in [6.45, 7) is 2.59. The maximum Gasteiger partial charge on any atom is 0.335 e. The Bertz CT molecular complexity index is 499. The summed E-state index contributed by atoms with van der Waals surface area (Å²) in [5, 5.41) is 48.4. The molecule has 0 aliphatic rings. The molecule has 5 N–H and O–H groups in total. The monoisotopic (exact) mass is 476 g/mol. The third-order valence-electron chi connectivity index (χ3n) is 5.98. The zero-order chi connectivity index (χ0) is 25.1. The summed E-state index contributed by atoms with van der Waals surface area (Å²) in [5.41, 5.74) is 0. The second-order valence-corrected chi connectivity index (χ2v) is 9.13. The van der Waals surface area contributed by atoms with E-state index in [4.69, 9.17) is 4.74 Å². The second-order valence-electron chi connectivity index (χ2n) is 9.13. The van der Waals surface area contributed by atoms with Gasteiger partial charge in [-0.2, -0.15) is 0 Å². The quantitative estimate of drug-likeness (QED) is 0.118. The number of Topliss-reactive ketones (excluding diaryl/α,β-unsaturated/α-hetero) is 1. The molecule has 0 amide bonds. The Balaban J connectivity index is 3.71. The van der Waals surface area contributed by atoms with E-state index < -0.39 is 48.9 Å². The smallest absolute Gasteiger partial charge is 0.335 e. The number of hydrogen-bond acceptors (Lipinski definition) is 8. The van der Waals surface area contributed by atoms with Crippen molar-refractivity contribution < 1.29 is 39.9 Å². The van der Waals surface area contributed by atoms with Crippen LogP contribution in [-0.4, -0.2) is 74.4 Å². The summed E-state index contributed by atoms with van der Waals surface area (Å²) in [6.07, 6.45) is 8.56. The van der Waals surface area contributed by atoms with Gasteiger partial charge in [0.2, 0.25) is 0 Å². The molecule has 0 saturated carbocycles. The lowest BCUT2D eigenvalue weighted by Crippen LogP contribution is -2.48. The molecular formula is C25H48O8. The number of ketones is 1. The fourth-order valence-corrected chi connectivity index (χ4v) is 3.67. The van der Waals surface area contributed by atoms with E-state index in [0.717, 1.165) is 26.2 Å². The number of unbranched alkanes of at least 4 members (excludes halogenated alkanes) is 13. The van der Waals surface area contributed by atoms with E-state index in [1.807, 2.05) is 0 Å². The van der Waals surface area contributed by atoms with Crippen molar-refractivity contribution in [2.24, 2.45) is 0 Å². The van der Waals surface area contributed by atoms with Gasteiger partial charge in [-0.25, -0.2) is 4.79 Å². The third kappa shape index (κ3) is 16.2. The van der Waals surface area contributed by atoms with Crippen molar-refractivity contribution in [2.75, 3.05) is 6.61 Å². The Morgan fingerprint density at radius 3 is 1.52 bits per heavy atom. The Kier molecular flexibility index (Phi) is 19.7. The van der Waals surface area contributed by atoms with Crippen molar-refractivity contribution in [1.29, 1.82) is 0 Å². The molecule has 33 heavy (non-hydrogen) atoms. The number of carbonyl (C=O) groups is 2. The van der Waals surface area contributed by atoms with Crippen LogP contribution >= 0.6 is 0 Å². The van der Waals surface area contributed by atoms with Gasteiger partial charge in [-0.1, -0.05) is 96.8 Å². The van der Waals surface area contributed by atoms with Crippen LogP contribution in [0.15, 0.2) is 0 Å². The zero-order valence-electron chi connectivity index (χ0n) is 20.7. The predicted octanol–water partition coefficient (Wildman–Crippen LogP) is 2.79. The summed E-state index contributed by atoms with van der Waals surface area (Å²) in [6, 6.07) is 0. The van der Waals surface area contributed by atoms with Crippen LogP contribution in [0.4, 0.5) is 0 Å². The van der Waals surface area contributed by atoms with Crippen molar-refractivity contribution in [3.63, 3.8) is 0 Å². The lowest BCUT2D eigenvalue weighted by Gasteiger charge is -2.25. The molecule has 0 heterocycles. The van der Waals surface area contributed by atoms with Crippen molar-refractivity contribution in [2.45, 2.75) is 141 Å². The minimum atomic E-state index is -1.91. The molecule has 0 aromatic rings. The van der Waals surface area contributed by atoms with Gasteiger partial charge >= 0.3 is 5.97 Å². The fraction of sp³-hybridized carbons (Fsp3) is 0.920. The molecule has 0 aliphatic carbocycles. The van der Waals surface area contributed by atoms with Crippen LogP contribution in [0, 0.1) is 0 Å². The predicted molar refractivity (Wildman–Crippen MR) is 127 cm³/mol. The topological polar surface area (TPSA) is 145 Å². The molecule has 0 rings (SSSR count). The van der Waals surface area contributed by atoms with E-state index in [2.05, 4.69) is 6.92 Å². The molecule has 0 aliphatic heterocycles. The van der Waals surface area contributed by atoms with Gasteiger partial charge in [0.05, 0.1) is 0 Å². The molecule has 196 valence electrons. The van der Waals surface area contributed by atoms with Gasteiger partial charge < -0.3 is 30.3 Å². The van der Waals surface area contributed by atoms with Gasteiger partial charge in [-0.05, 0) is 13.3 Å². The Morgan fingerprint density at radius 2 is 1.09 bits per heavy atom. The van der Waals surface area contributed by atoms with E-state index in [1.54, 1.807) is 0 Å². The number of carbonyl (C=O) groups excluding carboxylic acids is 2. The van der Waals surface area contributed by atoms with Crippen LogP contribution in [0.2, 0.25) is 0 Å². The number of aliphatic hydroxyl groups is 5. The minimum Gasteiger partial charge on any atom is -0.461 e. The highest BCUT2D eigenvalue weighted by atomic mass is 16.6. The van der Waals surface area contributed by atoms with Gasteiger partial charge in [-0.15, -0.1) is 0 Å². The van der Waals surface area contributed by atoms with Crippen LogP contribution in [0.1, 0.15) is 110 Å². The first kappa shape index (κ1) is 31.9. The van der Waals surface area contributed by atoms with Crippen molar-refractivity contribution >= 4 is 11.8 Å². The molecule has 8 heteroatoms. The number of aliphatic hydroxyl groups excluding tert-OH is 5. The van der Waals surface area contributed by atoms with Gasteiger partial charge in [0, 0.05) is 0 Å². The summed E-state index contributed by atoms with van der Waals surface area (Å²) >= 11 is 0. The van der Waals surface area contributed by atoms with Crippen LogP contribution in [0.3, 0.4) is 0 Å². The van der Waals surface area contributed by atoms with Gasteiger partial charge in [0.15, 0.2) is 11.9 Å². The molecule has 8 nitrogen and oxygen atoms in total. The van der Waals surface area contributed by atoms with Crippen LogP contribution < -0.4 is 0 Å². The average molecular weight is 477 g/mol. The third-order valence-corrected chi connectivity index (χ3v) is 5.98. The zero-order valence-corrected chi connectivity index (χ0v) is 20.7. The average Bonchev–Trinajstić information content (AvgIpc) is 2.80. The van der Waals surface area contributed by atoms with Crippen LogP contribution in [0.5, 0.6) is 0 Å². The molecule has 5 atom stereocenters. The first-order valence-corrected chi connectivity index (χ1v) is 12.8. The van der Waals surface area contributed by atoms with E-state index >= 15 is 0 Å². The molecule has 0 fully saturated rings. The largest absolute Gasteiger partial charge is 0.461 e. The van der Waals surface area contributed by atoms with Crippen LogP contribution in [0.25, 0.3) is 0 Å². The van der Waals surface area contributed by atoms with Gasteiger partial charge in [0.25, 0.3) is 0 Å². The second kappa shape index (κ2) is 20.3. The molecule has 0 bridgehead atoms. The van der Waals surface area contributed by atoms with Crippen molar-refractivity contribution in [3.05, 3.63) is 0 Å². The molecular weight excluding hydrogens is 428 g/mol. The van der Waals surface area contributed by atoms with Crippen molar-refractivity contribution in [3.8, 4) is 0 Å². The first-order chi connectivity index (χ1) is 15.7. The fourth-order valence-electron chi connectivity index (χ4n) is 3.67. The normalized spacial score (nSPS) is 16.1. The highest BCUT2D eigenvalue weighted by Gasteiger charge is 2.33. The summed E-state index contributed by atoms with van der Waals surface area (Å²) in [7, 11) is 0. The maximum atomic E-state index is 11.8. The minimum absolute atomic E-state index is 0.251. The molecule has 0 saturated heterocycles. The molecule has 0 aromatic carbocycles. The van der Waals surface area contributed by atoms with E-state index in [0.29, 0.717) is 6.42 Å². The number of rotatable bonds is 22. The van der Waals surface area contributed by atoms with Crippen molar-refractivity contribution in [1.82, 2.24) is 0 Å². The molecule has 1 unspecified atom stereocenters. The Labute approximate surface area is 199 Å². The van der Waals surface area contributed by atoms with E-state index in [-0.39, 0.29) is 6.42 Å². The number of esters is 1. The molecule has 0 radical (unpaired) electrons. The van der Waals surface area contributed by atoms with E-state index in [9.17, 15) is 35.1 Å². The Morgan fingerprint density at radius 1 is 0.667 bits per heavy atom. The summed E-state index contributed by atoms with van der Waals surface area (Å²) in [4.78, 5) is 22.8. The van der Waals surface area contributed by atoms with Crippen LogP contribution in [-0.2, 0) is 14.3 Å². The number of hydrogen-bond donors (Lipinski definition) is 5. The highest BCUT2D eigenvalue weighted by molar-refractivity contribution is 5.80. The SMILES string of the molecule is CCCCCCCCCCCCCCCCC(O)C(=O)OC[C@@H](O)[C@@H](O)[C@H](O)[C@@H](O)C(C)=O. The standard InChI is InChI=1S/C25H48O8/c1-3-4-5-6-7-8-9-10-11-12-13-14-15-16-17-20(27)25(32)33-18-21(28)23(30)24(31)22(29)19(2)26/h20-24,27-31H,3-18H2,1-2H3/t20?,21-,22+,23-,24-/m1/s1. The summed E-state index contributed by atoms with van der Waals surface area (Å²) < 4.78 is 4.77. The summed E-state index contributed by atoms with van der Waals surface area (Å²) in [5.74, 6) is -1.69. The molecule has 0 spiro atoms. The van der Waals surface area contributed by atoms with Gasteiger partial charge in [-0.3, -0.25) is 4.79 Å². The van der Waals surface area contributed by atoms with Gasteiger partial charge in [0.1, 0.15) is 31.0 Å². The highest BCUT2D eigenvalue weighted by Crippen LogP contribution is 2.14. The lowest BCUT2D eigenvalue weighted by molar-refractivity contribution is -0.165. The number of ether oxygens (including phenoxy) is 1. The Hall–Kier alpha value is -1.06. The lowest BCUT2D eigenvalue weighted by atomic mass is 10.0. The molecule has 0 aromatic heterocycles. The maximum absolute atomic E-state index is 11.8.